The molecule has 0 fully saturated rings. The van der Waals surface area contributed by atoms with Gasteiger partial charge in [-0.2, -0.15) is 0 Å². The van der Waals surface area contributed by atoms with Crippen molar-refractivity contribution in [3.8, 4) is 0 Å². The fourth-order valence-corrected chi connectivity index (χ4v) is 3.38. The fraction of sp³-hybridized carbons (Fsp3) is 0.312. The number of nitrogens with zero attached hydrogens (tertiary/aromatic N) is 2. The Morgan fingerprint density at radius 3 is 3.00 bits per heavy atom. The lowest BCUT2D eigenvalue weighted by molar-refractivity contribution is 0.283. The third-order valence-corrected chi connectivity index (χ3v) is 4.43. The highest BCUT2D eigenvalue weighted by atomic mass is 32.1. The summed E-state index contributed by atoms with van der Waals surface area (Å²) in [6.45, 7) is 3.05. The van der Waals surface area contributed by atoms with E-state index >= 15 is 0 Å². The number of benzene rings is 1. The molecule has 3 aromatic rings. The van der Waals surface area contributed by atoms with Crippen LogP contribution in [0.1, 0.15) is 29.6 Å². The summed E-state index contributed by atoms with van der Waals surface area (Å²) in [4.78, 5) is 4.67. The molecule has 104 valence electrons. The molecule has 3 nitrogen and oxygen atoms in total. The lowest BCUT2D eigenvalue weighted by Crippen LogP contribution is -1.98. The standard InChI is InChI=1S/C16H18N2OS/c1-2-4-16-17-13(11-20-16)9-18-8-7-14-12(10-19)5-3-6-15(14)18/h3,5-8,11,19H,2,4,9-10H2,1H3. The minimum atomic E-state index is 0.0820. The molecule has 0 atom stereocenters. The fourth-order valence-electron chi connectivity index (χ4n) is 2.49. The molecule has 1 aromatic carbocycles. The quantitative estimate of drug-likeness (QED) is 0.778. The molecule has 2 aromatic heterocycles. The normalized spacial score (nSPS) is 11.3. The van der Waals surface area contributed by atoms with Crippen LogP contribution in [-0.4, -0.2) is 14.7 Å². The van der Waals surface area contributed by atoms with Crippen molar-refractivity contribution < 1.29 is 5.11 Å². The second-order valence-corrected chi connectivity index (χ2v) is 5.88. The van der Waals surface area contributed by atoms with E-state index in [1.165, 1.54) is 5.01 Å². The van der Waals surface area contributed by atoms with E-state index in [-0.39, 0.29) is 6.61 Å². The third-order valence-electron chi connectivity index (χ3n) is 3.47. The summed E-state index contributed by atoms with van der Waals surface area (Å²) < 4.78 is 2.19. The Bertz CT molecular complexity index is 714. The Labute approximate surface area is 122 Å². The molecule has 3 rings (SSSR count). The number of rotatable bonds is 5. The Morgan fingerprint density at radius 2 is 2.20 bits per heavy atom. The van der Waals surface area contributed by atoms with Crippen LogP contribution in [0.5, 0.6) is 0 Å². The second kappa shape index (κ2) is 5.77. The number of aliphatic hydroxyl groups excluding tert-OH is 1. The number of aliphatic hydroxyl groups is 1. The van der Waals surface area contributed by atoms with Crippen molar-refractivity contribution in [3.63, 3.8) is 0 Å². The van der Waals surface area contributed by atoms with Crippen LogP contribution < -0.4 is 0 Å². The van der Waals surface area contributed by atoms with Gasteiger partial charge in [-0.1, -0.05) is 19.1 Å². The van der Waals surface area contributed by atoms with E-state index in [1.807, 2.05) is 12.1 Å². The van der Waals surface area contributed by atoms with Crippen molar-refractivity contribution in [2.24, 2.45) is 0 Å². The van der Waals surface area contributed by atoms with E-state index in [2.05, 4.69) is 40.2 Å². The highest BCUT2D eigenvalue weighted by Crippen LogP contribution is 2.22. The number of aryl methyl sites for hydroxylation is 1. The molecule has 0 saturated heterocycles. The van der Waals surface area contributed by atoms with Gasteiger partial charge in [-0.15, -0.1) is 11.3 Å². The van der Waals surface area contributed by atoms with E-state index in [1.54, 1.807) is 11.3 Å². The first kappa shape index (κ1) is 13.3. The van der Waals surface area contributed by atoms with Gasteiger partial charge in [-0.3, -0.25) is 0 Å². The molecule has 0 aliphatic carbocycles. The zero-order valence-electron chi connectivity index (χ0n) is 11.5. The number of hydrogen-bond acceptors (Lipinski definition) is 3. The Balaban J connectivity index is 1.90. The molecule has 0 radical (unpaired) electrons. The smallest absolute Gasteiger partial charge is 0.0928 e. The summed E-state index contributed by atoms with van der Waals surface area (Å²) in [7, 11) is 0. The Hall–Kier alpha value is -1.65. The summed E-state index contributed by atoms with van der Waals surface area (Å²) in [6, 6.07) is 8.12. The average Bonchev–Trinajstić information content (AvgIpc) is 3.07. The summed E-state index contributed by atoms with van der Waals surface area (Å²) >= 11 is 1.74. The van der Waals surface area contributed by atoms with Crippen LogP contribution in [0.4, 0.5) is 0 Å². The van der Waals surface area contributed by atoms with E-state index in [0.717, 1.165) is 41.5 Å². The van der Waals surface area contributed by atoms with Crippen LogP contribution in [0.2, 0.25) is 0 Å². The summed E-state index contributed by atoms with van der Waals surface area (Å²) in [5.74, 6) is 0. The van der Waals surface area contributed by atoms with Gasteiger partial charge in [0.25, 0.3) is 0 Å². The number of aromatic nitrogens is 2. The predicted octanol–water partition coefficient (Wildman–Crippen LogP) is 3.59. The molecule has 0 saturated carbocycles. The second-order valence-electron chi connectivity index (χ2n) is 4.93. The van der Waals surface area contributed by atoms with Crippen molar-refractivity contribution in [2.75, 3.05) is 0 Å². The maximum absolute atomic E-state index is 9.38. The highest BCUT2D eigenvalue weighted by molar-refractivity contribution is 7.09. The minimum Gasteiger partial charge on any atom is -0.392 e. The van der Waals surface area contributed by atoms with Crippen LogP contribution in [0, 0.1) is 0 Å². The van der Waals surface area contributed by atoms with Gasteiger partial charge in [0.15, 0.2) is 0 Å². The van der Waals surface area contributed by atoms with Crippen LogP contribution in [0.25, 0.3) is 10.9 Å². The molecule has 2 heterocycles. The molecule has 0 spiro atoms. The topological polar surface area (TPSA) is 38.0 Å². The maximum atomic E-state index is 9.38. The molecule has 0 bridgehead atoms. The van der Waals surface area contributed by atoms with Gasteiger partial charge in [0.1, 0.15) is 0 Å². The number of fused-ring (bicyclic) bond motifs is 1. The molecule has 20 heavy (non-hydrogen) atoms. The van der Waals surface area contributed by atoms with Crippen molar-refractivity contribution in [2.45, 2.75) is 32.9 Å². The summed E-state index contributed by atoms with van der Waals surface area (Å²) in [5.41, 5.74) is 3.25. The summed E-state index contributed by atoms with van der Waals surface area (Å²) in [6.07, 6.45) is 4.27. The van der Waals surface area contributed by atoms with Gasteiger partial charge in [0.05, 0.1) is 23.9 Å². The molecule has 4 heteroatoms. The molecule has 0 aliphatic heterocycles. The first-order chi connectivity index (χ1) is 9.81. The molecule has 0 amide bonds. The molecule has 0 aliphatic rings. The number of hydrogen-bond donors (Lipinski definition) is 1. The summed E-state index contributed by atoms with van der Waals surface area (Å²) in [5, 5.41) is 13.9. The van der Waals surface area contributed by atoms with Crippen molar-refractivity contribution >= 4 is 22.2 Å². The molecule has 1 N–H and O–H groups in total. The van der Waals surface area contributed by atoms with Crippen LogP contribution in [-0.2, 0) is 19.6 Å². The van der Waals surface area contributed by atoms with Gasteiger partial charge >= 0.3 is 0 Å². The van der Waals surface area contributed by atoms with Crippen LogP contribution in [0.15, 0.2) is 35.8 Å². The predicted molar refractivity (Wildman–Crippen MR) is 83.1 cm³/mol. The first-order valence-electron chi connectivity index (χ1n) is 6.92. The first-order valence-corrected chi connectivity index (χ1v) is 7.80. The minimum absolute atomic E-state index is 0.0820. The third kappa shape index (κ3) is 2.49. The van der Waals surface area contributed by atoms with E-state index in [4.69, 9.17) is 0 Å². The van der Waals surface area contributed by atoms with Gasteiger partial charge in [-0.05, 0) is 30.5 Å². The van der Waals surface area contributed by atoms with Crippen LogP contribution in [0.3, 0.4) is 0 Å². The molecule has 0 unspecified atom stereocenters. The Morgan fingerprint density at radius 1 is 1.30 bits per heavy atom. The lowest BCUT2D eigenvalue weighted by Gasteiger charge is -2.04. The van der Waals surface area contributed by atoms with Gasteiger partial charge < -0.3 is 9.67 Å². The van der Waals surface area contributed by atoms with E-state index in [0.29, 0.717) is 0 Å². The zero-order chi connectivity index (χ0) is 13.9. The van der Waals surface area contributed by atoms with Gasteiger partial charge in [-0.25, -0.2) is 4.98 Å². The monoisotopic (exact) mass is 286 g/mol. The molecular weight excluding hydrogens is 268 g/mol. The lowest BCUT2D eigenvalue weighted by atomic mass is 10.1. The largest absolute Gasteiger partial charge is 0.392 e. The van der Waals surface area contributed by atoms with Gasteiger partial charge in [0.2, 0.25) is 0 Å². The van der Waals surface area contributed by atoms with Crippen molar-refractivity contribution in [1.29, 1.82) is 0 Å². The van der Waals surface area contributed by atoms with E-state index < -0.39 is 0 Å². The number of thiazole rings is 1. The van der Waals surface area contributed by atoms with E-state index in [9.17, 15) is 5.11 Å². The van der Waals surface area contributed by atoms with Crippen molar-refractivity contribution in [1.82, 2.24) is 9.55 Å². The SMILES string of the molecule is CCCc1nc(Cn2ccc3c(CO)cccc32)cs1. The zero-order valence-corrected chi connectivity index (χ0v) is 12.4. The average molecular weight is 286 g/mol. The van der Waals surface area contributed by atoms with Crippen LogP contribution >= 0.6 is 11.3 Å². The highest BCUT2D eigenvalue weighted by Gasteiger charge is 2.07. The van der Waals surface area contributed by atoms with Crippen molar-refractivity contribution in [3.05, 3.63) is 52.1 Å². The maximum Gasteiger partial charge on any atom is 0.0928 e. The molecular formula is C16H18N2OS. The Kier molecular flexibility index (Phi) is 3.85. The van der Waals surface area contributed by atoms with Gasteiger partial charge in [0, 0.05) is 22.5 Å².